The lowest BCUT2D eigenvalue weighted by Crippen LogP contribution is -2.40. The number of hydrogen-bond donors (Lipinski definition) is 0. The molecule has 0 aliphatic carbocycles. The van der Waals surface area contributed by atoms with E-state index >= 15 is 0 Å². The summed E-state index contributed by atoms with van der Waals surface area (Å²) in [5.41, 5.74) is 0.857. The molecule has 0 bridgehead atoms. The predicted octanol–water partition coefficient (Wildman–Crippen LogP) is 2.34. The van der Waals surface area contributed by atoms with Crippen molar-refractivity contribution < 1.29 is 22.4 Å². The van der Waals surface area contributed by atoms with Crippen molar-refractivity contribution in [3.63, 3.8) is 0 Å². The zero-order valence-electron chi connectivity index (χ0n) is 15.0. The molecule has 1 fully saturated rings. The molecule has 1 aromatic heterocycles. The van der Waals surface area contributed by atoms with Gasteiger partial charge in [-0.2, -0.15) is 9.29 Å². The molecule has 0 N–H and O–H groups in total. The first kappa shape index (κ1) is 18.6. The molecule has 0 amide bonds. The maximum absolute atomic E-state index is 12.6. The van der Waals surface area contributed by atoms with Crippen LogP contribution in [0.1, 0.15) is 5.89 Å². The minimum Gasteiger partial charge on any atom is -0.484 e. The first-order valence-electron chi connectivity index (χ1n) is 8.82. The first-order valence-corrected chi connectivity index (χ1v) is 10.3. The number of benzene rings is 2. The van der Waals surface area contributed by atoms with Gasteiger partial charge in [-0.3, -0.25) is 0 Å². The average molecular weight is 401 g/mol. The molecule has 9 heteroatoms. The smallest absolute Gasteiger partial charge is 0.264 e. The third-order valence-electron chi connectivity index (χ3n) is 4.29. The summed E-state index contributed by atoms with van der Waals surface area (Å²) in [6.07, 6.45) is 0. The second kappa shape index (κ2) is 8.09. The lowest BCUT2D eigenvalue weighted by atomic mass is 10.2. The highest BCUT2D eigenvalue weighted by molar-refractivity contribution is 7.89. The molecule has 8 nitrogen and oxygen atoms in total. The second-order valence-corrected chi connectivity index (χ2v) is 8.09. The van der Waals surface area contributed by atoms with E-state index in [0.29, 0.717) is 43.8 Å². The Morgan fingerprint density at radius 3 is 2.43 bits per heavy atom. The maximum Gasteiger partial charge on any atom is 0.264 e. The van der Waals surface area contributed by atoms with Crippen molar-refractivity contribution in [1.29, 1.82) is 0 Å². The summed E-state index contributed by atoms with van der Waals surface area (Å²) in [7, 11) is -3.52. The van der Waals surface area contributed by atoms with Crippen LogP contribution in [0.2, 0.25) is 0 Å². The van der Waals surface area contributed by atoms with Crippen LogP contribution in [-0.2, 0) is 21.4 Å². The number of morpholine rings is 1. The average Bonchev–Trinajstić information content (AvgIpc) is 3.23. The van der Waals surface area contributed by atoms with Gasteiger partial charge in [0.25, 0.3) is 5.89 Å². The van der Waals surface area contributed by atoms with Gasteiger partial charge in [-0.25, -0.2) is 8.42 Å². The molecule has 1 aliphatic heterocycles. The Balaban J connectivity index is 1.39. The van der Waals surface area contributed by atoms with Gasteiger partial charge in [0, 0.05) is 18.7 Å². The third-order valence-corrected chi connectivity index (χ3v) is 6.21. The van der Waals surface area contributed by atoms with Crippen LogP contribution in [0.4, 0.5) is 0 Å². The normalized spacial score (nSPS) is 15.4. The van der Waals surface area contributed by atoms with Gasteiger partial charge in [0.2, 0.25) is 15.8 Å². The first-order chi connectivity index (χ1) is 13.6. The van der Waals surface area contributed by atoms with Crippen LogP contribution >= 0.6 is 0 Å². The summed E-state index contributed by atoms with van der Waals surface area (Å²) < 4.78 is 42.7. The van der Waals surface area contributed by atoms with E-state index in [9.17, 15) is 8.42 Å². The fraction of sp³-hybridized carbons (Fsp3) is 0.263. The summed E-state index contributed by atoms with van der Waals surface area (Å²) in [4.78, 5) is 4.52. The van der Waals surface area contributed by atoms with Crippen molar-refractivity contribution in [3.05, 3.63) is 60.5 Å². The Kier molecular flexibility index (Phi) is 5.38. The van der Waals surface area contributed by atoms with Crippen LogP contribution in [0.5, 0.6) is 5.75 Å². The van der Waals surface area contributed by atoms with Crippen molar-refractivity contribution in [2.45, 2.75) is 11.5 Å². The number of rotatable bonds is 6. The van der Waals surface area contributed by atoms with E-state index in [4.69, 9.17) is 14.0 Å². The largest absolute Gasteiger partial charge is 0.484 e. The van der Waals surface area contributed by atoms with E-state index in [-0.39, 0.29) is 11.5 Å². The number of sulfonamides is 1. The van der Waals surface area contributed by atoms with Crippen LogP contribution in [-0.4, -0.2) is 49.2 Å². The molecule has 1 saturated heterocycles. The van der Waals surface area contributed by atoms with E-state index in [0.717, 1.165) is 5.56 Å². The van der Waals surface area contributed by atoms with E-state index in [2.05, 4.69) is 10.1 Å². The van der Waals surface area contributed by atoms with Gasteiger partial charge in [0.05, 0.1) is 18.1 Å². The van der Waals surface area contributed by atoms with Crippen molar-refractivity contribution in [1.82, 2.24) is 14.4 Å². The zero-order valence-corrected chi connectivity index (χ0v) is 15.8. The summed E-state index contributed by atoms with van der Waals surface area (Å²) in [5, 5.41) is 3.94. The molecule has 0 radical (unpaired) electrons. The van der Waals surface area contributed by atoms with Gasteiger partial charge >= 0.3 is 0 Å². The van der Waals surface area contributed by atoms with Crippen LogP contribution in [0.3, 0.4) is 0 Å². The molecule has 0 unspecified atom stereocenters. The molecule has 28 heavy (non-hydrogen) atoms. The molecular weight excluding hydrogens is 382 g/mol. The fourth-order valence-corrected chi connectivity index (χ4v) is 4.21. The third kappa shape index (κ3) is 4.06. The molecule has 4 rings (SSSR count). The number of ether oxygens (including phenoxy) is 2. The van der Waals surface area contributed by atoms with Crippen LogP contribution in [0.15, 0.2) is 64.0 Å². The van der Waals surface area contributed by atoms with Gasteiger partial charge in [0.15, 0.2) is 6.61 Å². The summed E-state index contributed by atoms with van der Waals surface area (Å²) in [6.45, 7) is 1.64. The van der Waals surface area contributed by atoms with Crippen LogP contribution in [0, 0.1) is 0 Å². The Morgan fingerprint density at radius 2 is 1.71 bits per heavy atom. The lowest BCUT2D eigenvalue weighted by molar-refractivity contribution is 0.0730. The minimum absolute atomic E-state index is 0.0927. The molecule has 146 valence electrons. The summed E-state index contributed by atoms with van der Waals surface area (Å²) in [6, 6.07) is 15.8. The van der Waals surface area contributed by atoms with Crippen molar-refractivity contribution in [2.75, 3.05) is 26.3 Å². The maximum atomic E-state index is 12.6. The summed E-state index contributed by atoms with van der Waals surface area (Å²) >= 11 is 0. The molecule has 2 heterocycles. The molecule has 0 spiro atoms. The second-order valence-electron chi connectivity index (χ2n) is 6.15. The van der Waals surface area contributed by atoms with E-state index in [1.807, 2.05) is 30.3 Å². The topological polar surface area (TPSA) is 94.8 Å². The standard InChI is InChI=1S/C19H19N3O5S/c23-28(24,22-10-12-25-13-11-22)17-8-6-16(7-9-17)26-14-18-20-19(21-27-18)15-4-2-1-3-5-15/h1-9H,10-14H2. The van der Waals surface area contributed by atoms with Gasteiger partial charge in [0.1, 0.15) is 5.75 Å². The van der Waals surface area contributed by atoms with Gasteiger partial charge in [-0.1, -0.05) is 35.5 Å². The van der Waals surface area contributed by atoms with E-state index < -0.39 is 10.0 Å². The van der Waals surface area contributed by atoms with Crippen molar-refractivity contribution in [2.24, 2.45) is 0 Å². The Labute approximate surface area is 162 Å². The Morgan fingerprint density at radius 1 is 1.00 bits per heavy atom. The number of aromatic nitrogens is 2. The van der Waals surface area contributed by atoms with Gasteiger partial charge in [-0.05, 0) is 24.3 Å². The fourth-order valence-electron chi connectivity index (χ4n) is 2.81. The Bertz CT molecular complexity index is 1010. The molecule has 0 atom stereocenters. The number of nitrogens with zero attached hydrogens (tertiary/aromatic N) is 3. The Hall–Kier alpha value is -2.75. The molecule has 1 aliphatic rings. The van der Waals surface area contributed by atoms with Gasteiger partial charge < -0.3 is 14.0 Å². The molecule has 2 aromatic carbocycles. The van der Waals surface area contributed by atoms with Gasteiger partial charge in [-0.15, -0.1) is 0 Å². The SMILES string of the molecule is O=S(=O)(c1ccc(OCc2nc(-c3ccccc3)no2)cc1)N1CCOCC1. The predicted molar refractivity (Wildman–Crippen MR) is 100 cm³/mol. The van der Waals surface area contributed by atoms with E-state index in [1.165, 1.54) is 16.4 Å². The minimum atomic E-state index is -3.52. The highest BCUT2D eigenvalue weighted by Crippen LogP contribution is 2.21. The quantitative estimate of drug-likeness (QED) is 0.626. The molecular formula is C19H19N3O5S. The highest BCUT2D eigenvalue weighted by Gasteiger charge is 2.26. The highest BCUT2D eigenvalue weighted by atomic mass is 32.2. The molecule has 3 aromatic rings. The summed E-state index contributed by atoms with van der Waals surface area (Å²) in [5.74, 6) is 1.34. The van der Waals surface area contributed by atoms with E-state index in [1.54, 1.807) is 12.1 Å². The monoisotopic (exact) mass is 401 g/mol. The molecule has 0 saturated carbocycles. The van der Waals surface area contributed by atoms with Crippen LogP contribution < -0.4 is 4.74 Å². The van der Waals surface area contributed by atoms with Crippen molar-refractivity contribution in [3.8, 4) is 17.1 Å². The van der Waals surface area contributed by atoms with Crippen molar-refractivity contribution >= 4 is 10.0 Å². The zero-order chi connectivity index (χ0) is 19.4. The van der Waals surface area contributed by atoms with Crippen LogP contribution in [0.25, 0.3) is 11.4 Å². The lowest BCUT2D eigenvalue weighted by Gasteiger charge is -2.26. The number of hydrogen-bond acceptors (Lipinski definition) is 7.